The Morgan fingerprint density at radius 3 is 2.17 bits per heavy atom. The van der Waals surface area contributed by atoms with Gasteiger partial charge in [0.05, 0.1) is 31.0 Å². The van der Waals surface area contributed by atoms with Crippen LogP contribution in [0.5, 0.6) is 0 Å². The fraction of sp³-hybridized carbons (Fsp3) is 0.238. The normalized spacial score (nSPS) is 10.1. The largest absolute Gasteiger partial charge is 0.465 e. The van der Waals surface area contributed by atoms with Crippen LogP contribution in [0.25, 0.3) is 0 Å². The molecule has 29 heavy (non-hydrogen) atoms. The highest BCUT2D eigenvalue weighted by Gasteiger charge is 2.21. The number of benzene rings is 2. The van der Waals surface area contributed by atoms with E-state index in [1.54, 1.807) is 0 Å². The maximum absolute atomic E-state index is 12.5. The second-order valence-corrected chi connectivity index (χ2v) is 6.11. The van der Waals surface area contributed by atoms with Crippen molar-refractivity contribution in [2.75, 3.05) is 24.9 Å². The number of nitrogens with one attached hydrogen (secondary N) is 2. The molecule has 0 aliphatic carbocycles. The zero-order valence-electron chi connectivity index (χ0n) is 16.6. The topological polar surface area (TPSA) is 111 Å². The number of carbonyl (C=O) groups is 4. The van der Waals surface area contributed by atoms with E-state index in [2.05, 4.69) is 20.1 Å². The average Bonchev–Trinajstić information content (AvgIpc) is 2.73. The minimum Gasteiger partial charge on any atom is -0.465 e. The standard InChI is InChI=1S/C21H22N2O6/c1-5-13-8-6-7-12(2)17(13)23-19(25)18(24)22-16-11-14(20(26)28-3)9-10-15(16)21(27)29-4/h6-11H,5H2,1-4H3,(H,22,24)(H,23,25). The predicted octanol–water partition coefficient (Wildman–Crippen LogP) is 2.71. The van der Waals surface area contributed by atoms with Crippen molar-refractivity contribution in [1.29, 1.82) is 0 Å². The molecule has 8 nitrogen and oxygen atoms in total. The van der Waals surface area contributed by atoms with Crippen LogP contribution < -0.4 is 10.6 Å². The molecule has 8 heteroatoms. The molecule has 0 fully saturated rings. The highest BCUT2D eigenvalue weighted by molar-refractivity contribution is 6.44. The summed E-state index contributed by atoms with van der Waals surface area (Å²) in [5, 5.41) is 4.96. The van der Waals surface area contributed by atoms with E-state index >= 15 is 0 Å². The summed E-state index contributed by atoms with van der Waals surface area (Å²) in [5.41, 5.74) is 2.31. The van der Waals surface area contributed by atoms with Crippen molar-refractivity contribution in [3.8, 4) is 0 Å². The SMILES string of the molecule is CCc1cccc(C)c1NC(=O)C(=O)Nc1cc(C(=O)OC)ccc1C(=O)OC. The molecule has 0 unspecified atom stereocenters. The lowest BCUT2D eigenvalue weighted by Gasteiger charge is -2.14. The first-order valence-corrected chi connectivity index (χ1v) is 8.83. The summed E-state index contributed by atoms with van der Waals surface area (Å²) in [4.78, 5) is 48.6. The number of carbonyl (C=O) groups excluding carboxylic acids is 4. The number of para-hydroxylation sites is 1. The van der Waals surface area contributed by atoms with Crippen molar-refractivity contribution < 1.29 is 28.7 Å². The van der Waals surface area contributed by atoms with Gasteiger partial charge in [0.2, 0.25) is 0 Å². The van der Waals surface area contributed by atoms with Gasteiger partial charge in [-0.2, -0.15) is 0 Å². The van der Waals surface area contributed by atoms with Gasteiger partial charge in [-0.1, -0.05) is 25.1 Å². The first-order chi connectivity index (χ1) is 13.8. The zero-order chi connectivity index (χ0) is 21.6. The van der Waals surface area contributed by atoms with Gasteiger partial charge in [0.15, 0.2) is 0 Å². The Kier molecular flexibility index (Phi) is 7.08. The molecular formula is C21H22N2O6. The maximum Gasteiger partial charge on any atom is 0.339 e. The van der Waals surface area contributed by atoms with Crippen molar-refractivity contribution in [2.24, 2.45) is 0 Å². The Labute approximate surface area is 168 Å². The van der Waals surface area contributed by atoms with Crippen LogP contribution in [-0.4, -0.2) is 38.0 Å². The van der Waals surface area contributed by atoms with E-state index in [0.717, 1.165) is 11.1 Å². The van der Waals surface area contributed by atoms with E-state index in [-0.39, 0.29) is 16.8 Å². The molecule has 0 radical (unpaired) electrons. The third-order valence-corrected chi connectivity index (χ3v) is 4.28. The smallest absolute Gasteiger partial charge is 0.339 e. The number of ether oxygens (including phenoxy) is 2. The lowest BCUT2D eigenvalue weighted by Crippen LogP contribution is -2.30. The van der Waals surface area contributed by atoms with Gasteiger partial charge in [-0.05, 0) is 42.7 Å². The predicted molar refractivity (Wildman–Crippen MR) is 107 cm³/mol. The van der Waals surface area contributed by atoms with Crippen molar-refractivity contribution in [3.63, 3.8) is 0 Å². The molecule has 0 saturated heterocycles. The van der Waals surface area contributed by atoms with E-state index in [9.17, 15) is 19.2 Å². The van der Waals surface area contributed by atoms with Crippen molar-refractivity contribution >= 4 is 35.1 Å². The average molecular weight is 398 g/mol. The second kappa shape index (κ2) is 9.50. The maximum atomic E-state index is 12.5. The Balaban J connectivity index is 2.30. The molecule has 0 aromatic heterocycles. The molecule has 0 bridgehead atoms. The molecule has 0 aliphatic rings. The summed E-state index contributed by atoms with van der Waals surface area (Å²) in [6.07, 6.45) is 0.673. The van der Waals surface area contributed by atoms with Crippen molar-refractivity contribution in [3.05, 3.63) is 58.7 Å². The second-order valence-electron chi connectivity index (χ2n) is 6.11. The van der Waals surface area contributed by atoms with Gasteiger partial charge < -0.3 is 20.1 Å². The number of aryl methyl sites for hydroxylation is 2. The molecule has 0 heterocycles. The first-order valence-electron chi connectivity index (χ1n) is 8.83. The van der Waals surface area contributed by atoms with Gasteiger partial charge in [-0.3, -0.25) is 9.59 Å². The van der Waals surface area contributed by atoms with E-state index in [4.69, 9.17) is 0 Å². The monoisotopic (exact) mass is 398 g/mol. The number of hydrogen-bond donors (Lipinski definition) is 2. The minimum absolute atomic E-state index is 0.00792. The van der Waals surface area contributed by atoms with Gasteiger partial charge in [-0.25, -0.2) is 9.59 Å². The number of amides is 2. The molecule has 2 aromatic carbocycles. The molecule has 0 atom stereocenters. The van der Waals surface area contributed by atoms with Crippen molar-refractivity contribution in [1.82, 2.24) is 0 Å². The molecule has 2 amide bonds. The van der Waals surface area contributed by atoms with E-state index in [1.807, 2.05) is 32.0 Å². The van der Waals surface area contributed by atoms with Crippen LogP contribution in [-0.2, 0) is 25.5 Å². The van der Waals surface area contributed by atoms with Crippen LogP contribution >= 0.6 is 0 Å². The third-order valence-electron chi connectivity index (χ3n) is 4.28. The fourth-order valence-electron chi connectivity index (χ4n) is 2.73. The zero-order valence-corrected chi connectivity index (χ0v) is 16.6. The Bertz CT molecular complexity index is 968. The minimum atomic E-state index is -0.998. The van der Waals surface area contributed by atoms with Crippen LogP contribution in [0.15, 0.2) is 36.4 Å². The number of esters is 2. The molecule has 0 saturated carbocycles. The van der Waals surface area contributed by atoms with Gasteiger partial charge in [0.1, 0.15) is 0 Å². The summed E-state index contributed by atoms with van der Waals surface area (Å²) in [7, 11) is 2.38. The number of hydrogen-bond acceptors (Lipinski definition) is 6. The highest BCUT2D eigenvalue weighted by atomic mass is 16.5. The lowest BCUT2D eigenvalue weighted by molar-refractivity contribution is -0.133. The van der Waals surface area contributed by atoms with Crippen LogP contribution in [0.1, 0.15) is 38.8 Å². The summed E-state index contributed by atoms with van der Waals surface area (Å²) < 4.78 is 9.32. The van der Waals surface area contributed by atoms with E-state index < -0.39 is 23.8 Å². The summed E-state index contributed by atoms with van der Waals surface area (Å²) in [6, 6.07) is 9.45. The molecule has 0 spiro atoms. The number of rotatable bonds is 5. The van der Waals surface area contributed by atoms with Gasteiger partial charge in [0.25, 0.3) is 0 Å². The van der Waals surface area contributed by atoms with Gasteiger partial charge in [-0.15, -0.1) is 0 Å². The Morgan fingerprint density at radius 2 is 1.55 bits per heavy atom. The van der Waals surface area contributed by atoms with E-state index in [1.165, 1.54) is 32.4 Å². The fourth-order valence-corrected chi connectivity index (χ4v) is 2.73. The Hall–Kier alpha value is -3.68. The molecule has 0 aliphatic heterocycles. The third kappa shape index (κ3) is 4.98. The van der Waals surface area contributed by atoms with Crippen molar-refractivity contribution in [2.45, 2.75) is 20.3 Å². The number of anilines is 2. The summed E-state index contributed by atoms with van der Waals surface area (Å²) >= 11 is 0. The lowest BCUT2D eigenvalue weighted by atomic mass is 10.1. The molecule has 2 N–H and O–H groups in total. The van der Waals surface area contributed by atoms with Crippen LogP contribution in [0.3, 0.4) is 0 Å². The molecule has 152 valence electrons. The van der Waals surface area contributed by atoms with Crippen LogP contribution in [0.2, 0.25) is 0 Å². The quantitative estimate of drug-likeness (QED) is 0.592. The van der Waals surface area contributed by atoms with Gasteiger partial charge in [0, 0.05) is 5.69 Å². The highest BCUT2D eigenvalue weighted by Crippen LogP contribution is 2.22. The Morgan fingerprint density at radius 1 is 0.897 bits per heavy atom. The molecule has 2 aromatic rings. The number of methoxy groups -OCH3 is 2. The first kappa shape index (κ1) is 21.6. The summed E-state index contributed by atoms with van der Waals surface area (Å²) in [5.74, 6) is -3.30. The molecule has 2 rings (SSSR count). The van der Waals surface area contributed by atoms with Gasteiger partial charge >= 0.3 is 23.8 Å². The molecular weight excluding hydrogens is 376 g/mol. The summed E-state index contributed by atoms with van der Waals surface area (Å²) in [6.45, 7) is 3.76. The van der Waals surface area contributed by atoms with Crippen LogP contribution in [0, 0.1) is 6.92 Å². The van der Waals surface area contributed by atoms with Crippen LogP contribution in [0.4, 0.5) is 11.4 Å². The van der Waals surface area contributed by atoms with E-state index in [0.29, 0.717) is 12.1 Å².